The fourth-order valence-corrected chi connectivity index (χ4v) is 4.69. The van der Waals surface area contributed by atoms with E-state index in [2.05, 4.69) is 0 Å². The molecule has 0 radical (unpaired) electrons. The number of hydrogen-bond donors (Lipinski definition) is 0. The number of ether oxygens (including phenoxy) is 2. The first-order valence-corrected chi connectivity index (χ1v) is 9.94. The Morgan fingerprint density at radius 2 is 1.96 bits per heavy atom. The lowest BCUT2D eigenvalue weighted by Crippen LogP contribution is -2.36. The summed E-state index contributed by atoms with van der Waals surface area (Å²) in [5.74, 6) is -2.47. The van der Waals surface area contributed by atoms with Gasteiger partial charge in [0.15, 0.2) is 0 Å². The molecule has 2 fully saturated rings. The normalized spacial score (nSPS) is 24.3. The molecular weight excluding hydrogens is 365 g/mol. The van der Waals surface area contributed by atoms with Crippen LogP contribution in [0.2, 0.25) is 0 Å². The van der Waals surface area contributed by atoms with Crippen LogP contribution in [0.1, 0.15) is 43.0 Å². The second-order valence-corrected chi connectivity index (χ2v) is 8.39. The minimum Gasteiger partial charge on any atom is -0.460 e. The third kappa shape index (κ3) is 3.73. The molecule has 2 aliphatic heterocycles. The highest BCUT2D eigenvalue weighted by Gasteiger charge is 2.36. The molecule has 0 saturated carbocycles. The summed E-state index contributed by atoms with van der Waals surface area (Å²) in [6.45, 7) is 2.32. The molecule has 2 aliphatic rings. The lowest BCUT2D eigenvalue weighted by molar-refractivity contribution is -0.147. The molecule has 2 atom stereocenters. The van der Waals surface area contributed by atoms with E-state index < -0.39 is 38.8 Å². The van der Waals surface area contributed by atoms with E-state index in [9.17, 15) is 22.4 Å². The number of benzene rings is 1. The molecule has 9 heteroatoms. The molecular formula is C17H20FNO6S. The van der Waals surface area contributed by atoms with Crippen LogP contribution >= 0.6 is 0 Å². The Balaban J connectivity index is 1.83. The average Bonchev–Trinajstić information content (AvgIpc) is 2.93. The van der Waals surface area contributed by atoms with Crippen molar-refractivity contribution >= 4 is 22.0 Å². The van der Waals surface area contributed by atoms with Gasteiger partial charge in [0.25, 0.3) is 0 Å². The quantitative estimate of drug-likeness (QED) is 0.735. The minimum absolute atomic E-state index is 0.130. The largest absolute Gasteiger partial charge is 0.460 e. The highest BCUT2D eigenvalue weighted by Crippen LogP contribution is 2.25. The lowest BCUT2D eigenvalue weighted by Gasteiger charge is -2.26. The SMILES string of the molecule is C[C@H]1C[C@H](OC(=O)c2ccc(F)c(S(=O)(=O)N3CCCCC3)c2)C(=O)O1. The maximum Gasteiger partial charge on any atom is 0.347 e. The van der Waals surface area contributed by atoms with Gasteiger partial charge in [-0.05, 0) is 38.0 Å². The van der Waals surface area contributed by atoms with Crippen LogP contribution in [0, 0.1) is 5.82 Å². The summed E-state index contributed by atoms with van der Waals surface area (Å²) in [4.78, 5) is 23.3. The van der Waals surface area contributed by atoms with E-state index in [0.717, 1.165) is 24.6 Å². The number of cyclic esters (lactones) is 1. The van der Waals surface area contributed by atoms with Crippen molar-refractivity contribution in [3.63, 3.8) is 0 Å². The van der Waals surface area contributed by atoms with Crippen molar-refractivity contribution in [3.05, 3.63) is 29.6 Å². The number of piperidine rings is 1. The van der Waals surface area contributed by atoms with Gasteiger partial charge in [0.05, 0.1) is 5.56 Å². The molecule has 0 spiro atoms. The van der Waals surface area contributed by atoms with Gasteiger partial charge in [0.2, 0.25) is 16.1 Å². The zero-order chi connectivity index (χ0) is 18.9. The second kappa shape index (κ2) is 7.32. The van der Waals surface area contributed by atoms with Crippen LogP contribution in [-0.2, 0) is 24.3 Å². The van der Waals surface area contributed by atoms with Crippen LogP contribution in [0.25, 0.3) is 0 Å². The minimum atomic E-state index is -4.04. The summed E-state index contributed by atoms with van der Waals surface area (Å²) >= 11 is 0. The zero-order valence-corrected chi connectivity index (χ0v) is 15.1. The summed E-state index contributed by atoms with van der Waals surface area (Å²) in [6, 6.07) is 3.02. The summed E-state index contributed by atoms with van der Waals surface area (Å²) in [5.41, 5.74) is -0.130. The fourth-order valence-electron chi connectivity index (χ4n) is 3.09. The predicted octanol–water partition coefficient (Wildman–Crippen LogP) is 1.86. The number of nitrogens with zero attached hydrogens (tertiary/aromatic N) is 1. The van der Waals surface area contributed by atoms with Gasteiger partial charge in [-0.3, -0.25) is 0 Å². The first kappa shape index (κ1) is 18.8. The van der Waals surface area contributed by atoms with Crippen molar-refractivity contribution < 1.29 is 31.9 Å². The molecule has 7 nitrogen and oxygen atoms in total. The van der Waals surface area contributed by atoms with Crippen LogP contribution in [-0.4, -0.2) is 50.0 Å². The predicted molar refractivity (Wildman–Crippen MR) is 88.4 cm³/mol. The van der Waals surface area contributed by atoms with Crippen LogP contribution < -0.4 is 0 Å². The Kier molecular flexibility index (Phi) is 5.29. The summed E-state index contributed by atoms with van der Waals surface area (Å²) in [6.07, 6.45) is 1.18. The van der Waals surface area contributed by atoms with E-state index in [-0.39, 0.29) is 18.1 Å². The molecule has 2 heterocycles. The van der Waals surface area contributed by atoms with Crippen LogP contribution in [0.15, 0.2) is 23.1 Å². The van der Waals surface area contributed by atoms with Crippen molar-refractivity contribution in [2.24, 2.45) is 0 Å². The average molecular weight is 385 g/mol. The Labute approximate surface area is 151 Å². The molecule has 0 aromatic heterocycles. The monoisotopic (exact) mass is 385 g/mol. The van der Waals surface area contributed by atoms with E-state index in [0.29, 0.717) is 25.9 Å². The van der Waals surface area contributed by atoms with E-state index in [4.69, 9.17) is 9.47 Å². The van der Waals surface area contributed by atoms with E-state index in [1.807, 2.05) is 0 Å². The summed E-state index contributed by atoms with van der Waals surface area (Å²) in [7, 11) is -4.04. The van der Waals surface area contributed by atoms with Gasteiger partial charge in [-0.1, -0.05) is 6.42 Å². The maximum atomic E-state index is 14.2. The summed E-state index contributed by atoms with van der Waals surface area (Å²) < 4.78 is 50.8. The van der Waals surface area contributed by atoms with Gasteiger partial charge >= 0.3 is 11.9 Å². The van der Waals surface area contributed by atoms with Gasteiger partial charge in [-0.25, -0.2) is 22.4 Å². The molecule has 0 aliphatic carbocycles. The third-order valence-corrected chi connectivity index (χ3v) is 6.39. The third-order valence-electron chi connectivity index (χ3n) is 4.48. The first-order chi connectivity index (χ1) is 12.3. The van der Waals surface area contributed by atoms with E-state index in [1.54, 1.807) is 6.92 Å². The fraction of sp³-hybridized carbons (Fsp3) is 0.529. The summed E-state index contributed by atoms with van der Waals surface area (Å²) in [5, 5.41) is 0. The number of sulfonamides is 1. The standard InChI is InChI=1S/C17H20FNO6S/c1-11-9-14(17(21)24-11)25-16(20)12-5-6-13(18)15(10-12)26(22,23)19-7-3-2-4-8-19/h5-6,10-11,14H,2-4,7-9H2,1H3/t11-,14-/m0/s1. The Hall–Kier alpha value is -2.00. The molecule has 3 rings (SSSR count). The second-order valence-electron chi connectivity index (χ2n) is 6.49. The number of halogens is 1. The molecule has 0 amide bonds. The first-order valence-electron chi connectivity index (χ1n) is 8.50. The molecule has 0 N–H and O–H groups in total. The van der Waals surface area contributed by atoms with Gasteiger partial charge in [-0.15, -0.1) is 0 Å². The lowest BCUT2D eigenvalue weighted by atomic mass is 10.2. The zero-order valence-electron chi connectivity index (χ0n) is 14.3. The van der Waals surface area contributed by atoms with Crippen LogP contribution in [0.5, 0.6) is 0 Å². The van der Waals surface area contributed by atoms with Gasteiger partial charge in [0.1, 0.15) is 16.8 Å². The molecule has 26 heavy (non-hydrogen) atoms. The smallest absolute Gasteiger partial charge is 0.347 e. The molecule has 0 unspecified atom stereocenters. The van der Waals surface area contributed by atoms with Crippen molar-refractivity contribution in [2.45, 2.75) is 49.7 Å². The van der Waals surface area contributed by atoms with Crippen molar-refractivity contribution in [1.29, 1.82) is 0 Å². The Morgan fingerprint density at radius 1 is 1.27 bits per heavy atom. The molecule has 1 aromatic rings. The molecule has 1 aromatic carbocycles. The number of rotatable bonds is 4. The maximum absolute atomic E-state index is 14.2. The van der Waals surface area contributed by atoms with Gasteiger partial charge in [-0.2, -0.15) is 4.31 Å². The van der Waals surface area contributed by atoms with E-state index in [1.165, 1.54) is 4.31 Å². The van der Waals surface area contributed by atoms with Crippen molar-refractivity contribution in [3.8, 4) is 0 Å². The van der Waals surface area contributed by atoms with Gasteiger partial charge in [0, 0.05) is 19.5 Å². The molecule has 0 bridgehead atoms. The Morgan fingerprint density at radius 3 is 2.58 bits per heavy atom. The number of esters is 2. The van der Waals surface area contributed by atoms with Crippen molar-refractivity contribution in [1.82, 2.24) is 4.31 Å². The Bertz CT molecular complexity index is 819. The number of carbonyl (C=O) groups is 2. The highest BCUT2D eigenvalue weighted by atomic mass is 32.2. The molecule has 2 saturated heterocycles. The van der Waals surface area contributed by atoms with E-state index >= 15 is 0 Å². The highest BCUT2D eigenvalue weighted by molar-refractivity contribution is 7.89. The van der Waals surface area contributed by atoms with Crippen LogP contribution in [0.4, 0.5) is 4.39 Å². The van der Waals surface area contributed by atoms with Crippen LogP contribution in [0.3, 0.4) is 0 Å². The van der Waals surface area contributed by atoms with Crippen molar-refractivity contribution in [2.75, 3.05) is 13.1 Å². The van der Waals surface area contributed by atoms with Gasteiger partial charge < -0.3 is 9.47 Å². The molecule has 142 valence electrons. The number of hydrogen-bond acceptors (Lipinski definition) is 6. The number of carbonyl (C=O) groups excluding carboxylic acids is 2. The topological polar surface area (TPSA) is 90.0 Å².